The average molecular weight is 306 g/mol. The summed E-state index contributed by atoms with van der Waals surface area (Å²) < 4.78 is 0. The summed E-state index contributed by atoms with van der Waals surface area (Å²) in [6, 6.07) is 10.5. The zero-order chi connectivity index (χ0) is 15.2. The van der Waals surface area contributed by atoms with E-state index < -0.39 is 0 Å². The fourth-order valence-electron chi connectivity index (χ4n) is 3.00. The Balaban J connectivity index is 2.02. The maximum Gasteiger partial charge on any atom is 0.236 e. The second-order valence-corrected chi connectivity index (χ2v) is 6.54. The first-order valence-electron chi connectivity index (χ1n) is 7.82. The molecule has 0 spiro atoms. The van der Waals surface area contributed by atoms with Crippen LogP contribution in [0.25, 0.3) is 0 Å². The van der Waals surface area contributed by atoms with E-state index >= 15 is 0 Å². The molecule has 1 saturated heterocycles. The van der Waals surface area contributed by atoms with E-state index in [0.717, 1.165) is 32.5 Å². The highest BCUT2D eigenvalue weighted by Crippen LogP contribution is 2.17. The number of likely N-dealkylation sites (N-methyl/N-ethyl adjacent to an activating group) is 1. The van der Waals surface area contributed by atoms with Gasteiger partial charge in [0.1, 0.15) is 0 Å². The Bertz CT molecular complexity index is 451. The number of benzene rings is 1. The molecule has 1 aliphatic rings. The third-order valence-electron chi connectivity index (χ3n) is 4.21. The molecule has 4 heteroatoms. The lowest BCUT2D eigenvalue weighted by atomic mass is 10.1. The summed E-state index contributed by atoms with van der Waals surface area (Å²) in [7, 11) is 2.14. The molecule has 1 aromatic rings. The van der Waals surface area contributed by atoms with E-state index in [1.165, 1.54) is 5.56 Å². The van der Waals surface area contributed by atoms with E-state index in [4.69, 9.17) is 0 Å². The molecule has 0 saturated carbocycles. The zero-order valence-corrected chi connectivity index (χ0v) is 13.9. The van der Waals surface area contributed by atoms with Crippen molar-refractivity contribution in [2.75, 3.05) is 26.7 Å². The fraction of sp³-hybridized carbons (Fsp3) is 0.588. The van der Waals surface area contributed by atoms with Crippen LogP contribution >= 0.6 is 12.6 Å². The molecule has 116 valence electrons. The minimum Gasteiger partial charge on any atom is -0.337 e. The summed E-state index contributed by atoms with van der Waals surface area (Å²) in [6.45, 7) is 5.05. The summed E-state index contributed by atoms with van der Waals surface area (Å²) >= 11 is 4.58. The van der Waals surface area contributed by atoms with Crippen LogP contribution in [0.3, 0.4) is 0 Å². The number of carbonyl (C=O) groups excluding carboxylic acids is 1. The number of rotatable bonds is 4. The third kappa shape index (κ3) is 4.48. The third-order valence-corrected chi connectivity index (χ3v) is 4.62. The number of hydrogen-bond acceptors (Lipinski definition) is 3. The molecule has 0 aliphatic carbocycles. The van der Waals surface area contributed by atoms with Gasteiger partial charge in [0, 0.05) is 19.1 Å². The van der Waals surface area contributed by atoms with Crippen LogP contribution in [-0.4, -0.2) is 53.7 Å². The van der Waals surface area contributed by atoms with Gasteiger partial charge in [0.15, 0.2) is 0 Å². The van der Waals surface area contributed by atoms with Crippen molar-refractivity contribution in [3.05, 3.63) is 35.9 Å². The first-order valence-corrected chi connectivity index (χ1v) is 8.34. The van der Waals surface area contributed by atoms with Crippen molar-refractivity contribution in [1.29, 1.82) is 0 Å². The fourth-order valence-corrected chi connectivity index (χ4v) is 3.36. The van der Waals surface area contributed by atoms with Crippen LogP contribution in [0.2, 0.25) is 0 Å². The van der Waals surface area contributed by atoms with Crippen LogP contribution in [0.4, 0.5) is 0 Å². The van der Waals surface area contributed by atoms with Crippen molar-refractivity contribution in [3.63, 3.8) is 0 Å². The maximum absolute atomic E-state index is 12.8. The van der Waals surface area contributed by atoms with Crippen LogP contribution in [0, 0.1) is 0 Å². The molecule has 21 heavy (non-hydrogen) atoms. The first kappa shape index (κ1) is 16.4. The van der Waals surface area contributed by atoms with Gasteiger partial charge in [-0.15, -0.1) is 0 Å². The number of hydrogen-bond donors (Lipinski definition) is 1. The van der Waals surface area contributed by atoms with Crippen molar-refractivity contribution in [2.24, 2.45) is 0 Å². The van der Waals surface area contributed by atoms with Gasteiger partial charge >= 0.3 is 0 Å². The molecule has 1 fully saturated rings. The van der Waals surface area contributed by atoms with Gasteiger partial charge in [0.25, 0.3) is 0 Å². The van der Waals surface area contributed by atoms with E-state index in [9.17, 15) is 4.79 Å². The molecule has 2 rings (SSSR count). The second kappa shape index (κ2) is 7.85. The molecule has 1 aliphatic heterocycles. The number of carbonyl (C=O) groups is 1. The van der Waals surface area contributed by atoms with E-state index in [2.05, 4.69) is 48.5 Å². The van der Waals surface area contributed by atoms with Crippen LogP contribution in [0.15, 0.2) is 30.3 Å². The highest BCUT2D eigenvalue weighted by Gasteiger charge is 2.29. The van der Waals surface area contributed by atoms with Gasteiger partial charge in [-0.2, -0.15) is 12.6 Å². The summed E-state index contributed by atoms with van der Waals surface area (Å²) in [5.74, 6) is 0.185. The molecule has 0 radical (unpaired) electrons. The Labute approximate surface area is 133 Å². The molecular weight excluding hydrogens is 280 g/mol. The first-order chi connectivity index (χ1) is 10.1. The van der Waals surface area contributed by atoms with Crippen molar-refractivity contribution in [2.45, 2.75) is 37.5 Å². The SMILES string of the molecule is CCC1CN(C)CCCN1C(=O)C(S)Cc1ccccc1. The minimum atomic E-state index is -0.246. The normalized spacial score (nSPS) is 21.9. The highest BCUT2D eigenvalue weighted by atomic mass is 32.1. The molecule has 1 aromatic carbocycles. The number of thiol groups is 1. The van der Waals surface area contributed by atoms with Crippen molar-refractivity contribution < 1.29 is 4.79 Å². The predicted molar refractivity (Wildman–Crippen MR) is 90.8 cm³/mol. The Morgan fingerprint density at radius 1 is 1.33 bits per heavy atom. The Morgan fingerprint density at radius 2 is 2.05 bits per heavy atom. The zero-order valence-electron chi connectivity index (χ0n) is 13.0. The van der Waals surface area contributed by atoms with E-state index in [1.54, 1.807) is 0 Å². The molecule has 0 bridgehead atoms. The topological polar surface area (TPSA) is 23.6 Å². The Kier molecular flexibility index (Phi) is 6.12. The van der Waals surface area contributed by atoms with Crippen molar-refractivity contribution >= 4 is 18.5 Å². The molecular formula is C17H26N2OS. The lowest BCUT2D eigenvalue weighted by molar-refractivity contribution is -0.132. The van der Waals surface area contributed by atoms with Gasteiger partial charge in [0.05, 0.1) is 5.25 Å². The summed E-state index contributed by atoms with van der Waals surface area (Å²) in [4.78, 5) is 17.1. The number of amides is 1. The van der Waals surface area contributed by atoms with Crippen molar-refractivity contribution in [1.82, 2.24) is 9.80 Å². The standard InChI is InChI=1S/C17H26N2OS/c1-3-15-13-18(2)10-7-11-19(15)17(20)16(21)12-14-8-5-4-6-9-14/h4-6,8-9,15-16,21H,3,7,10-13H2,1-2H3. The molecule has 0 N–H and O–H groups in total. The van der Waals surface area contributed by atoms with Crippen LogP contribution in [0.5, 0.6) is 0 Å². The van der Waals surface area contributed by atoms with Gasteiger partial charge < -0.3 is 9.80 Å². The van der Waals surface area contributed by atoms with Crippen molar-refractivity contribution in [3.8, 4) is 0 Å². The molecule has 0 aromatic heterocycles. The number of nitrogens with zero attached hydrogens (tertiary/aromatic N) is 2. The van der Waals surface area contributed by atoms with Gasteiger partial charge in [-0.1, -0.05) is 37.3 Å². The van der Waals surface area contributed by atoms with Crippen LogP contribution in [-0.2, 0) is 11.2 Å². The molecule has 2 atom stereocenters. The molecule has 2 unspecified atom stereocenters. The van der Waals surface area contributed by atoms with Crippen LogP contribution < -0.4 is 0 Å². The van der Waals surface area contributed by atoms with E-state index in [1.807, 2.05) is 18.2 Å². The maximum atomic E-state index is 12.8. The Morgan fingerprint density at radius 3 is 2.71 bits per heavy atom. The average Bonchev–Trinajstić information content (AvgIpc) is 2.68. The van der Waals surface area contributed by atoms with Gasteiger partial charge in [-0.3, -0.25) is 4.79 Å². The van der Waals surface area contributed by atoms with Gasteiger partial charge in [-0.25, -0.2) is 0 Å². The lowest BCUT2D eigenvalue weighted by Gasteiger charge is -2.32. The Hall–Kier alpha value is -1.00. The summed E-state index contributed by atoms with van der Waals surface area (Å²) in [5, 5.41) is -0.246. The largest absolute Gasteiger partial charge is 0.337 e. The predicted octanol–water partition coefficient (Wildman–Crippen LogP) is 2.47. The van der Waals surface area contributed by atoms with Gasteiger partial charge in [-0.05, 0) is 38.4 Å². The minimum absolute atomic E-state index is 0.185. The molecule has 1 heterocycles. The highest BCUT2D eigenvalue weighted by molar-refractivity contribution is 7.81. The van der Waals surface area contributed by atoms with Crippen LogP contribution in [0.1, 0.15) is 25.3 Å². The van der Waals surface area contributed by atoms with E-state index in [-0.39, 0.29) is 11.2 Å². The molecule has 3 nitrogen and oxygen atoms in total. The molecule has 1 amide bonds. The summed E-state index contributed by atoms with van der Waals surface area (Å²) in [5.41, 5.74) is 1.17. The quantitative estimate of drug-likeness (QED) is 0.864. The van der Waals surface area contributed by atoms with Gasteiger partial charge in [0.2, 0.25) is 5.91 Å². The lowest BCUT2D eigenvalue weighted by Crippen LogP contribution is -2.47. The van der Waals surface area contributed by atoms with E-state index in [0.29, 0.717) is 12.5 Å². The summed E-state index contributed by atoms with van der Waals surface area (Å²) in [6.07, 6.45) is 2.75. The monoisotopic (exact) mass is 306 g/mol. The smallest absolute Gasteiger partial charge is 0.236 e. The second-order valence-electron chi connectivity index (χ2n) is 5.92.